The quantitative estimate of drug-likeness (QED) is 0.231. The highest BCUT2D eigenvalue weighted by Crippen LogP contribution is 2.33. The molecule has 0 amide bonds. The van der Waals surface area contributed by atoms with Crippen LogP contribution in [-0.4, -0.2) is 34.3 Å². The maximum Gasteiger partial charge on any atom is 0.270 e. The van der Waals surface area contributed by atoms with E-state index in [1.54, 1.807) is 6.07 Å². The summed E-state index contributed by atoms with van der Waals surface area (Å²) in [4.78, 5) is 18.6. The molecule has 0 unspecified atom stereocenters. The van der Waals surface area contributed by atoms with Crippen LogP contribution in [0.25, 0.3) is 10.9 Å². The van der Waals surface area contributed by atoms with Crippen LogP contribution in [0.2, 0.25) is 0 Å². The average molecular weight is 414 g/mol. The van der Waals surface area contributed by atoms with Gasteiger partial charge >= 0.3 is 0 Å². The van der Waals surface area contributed by atoms with Gasteiger partial charge in [-0.3, -0.25) is 10.1 Å². The van der Waals surface area contributed by atoms with E-state index < -0.39 is 4.92 Å². The molecule has 7 heteroatoms. The molecule has 1 aromatic heterocycles. The van der Waals surface area contributed by atoms with Gasteiger partial charge in [0.2, 0.25) is 0 Å². The first kappa shape index (κ1) is 20.3. The van der Waals surface area contributed by atoms with E-state index >= 15 is 0 Å². The van der Waals surface area contributed by atoms with Gasteiger partial charge in [0.25, 0.3) is 5.69 Å². The number of hydrogen-bond donors (Lipinski definition) is 3. The first-order chi connectivity index (χ1) is 15.1. The van der Waals surface area contributed by atoms with Crippen LogP contribution in [0.4, 0.5) is 11.4 Å². The fraction of sp³-hybridized carbons (Fsp3) is 0.125. The number of aliphatic imine (C=N–C) groups is 1. The van der Waals surface area contributed by atoms with E-state index in [0.29, 0.717) is 22.2 Å². The Balaban J connectivity index is 1.87. The molecule has 0 radical (unpaired) electrons. The summed E-state index contributed by atoms with van der Waals surface area (Å²) in [5.74, 6) is -0.0799. The number of rotatable bonds is 7. The predicted octanol–water partition coefficient (Wildman–Crippen LogP) is 4.71. The summed E-state index contributed by atoms with van der Waals surface area (Å²) in [6.07, 6.45) is 0.916. The Kier molecular flexibility index (Phi) is 5.77. The standard InChI is InChI=1S/C24H22N4O3/c1-25-14-13-16-7-9-18(10-8-16)26-23(17-5-3-2-4-6-17)22-20-15-19(28(30)31)11-12-21(20)27-24(22)29/h2-12,15,25,27,29H,13-14H2,1H3. The molecule has 0 saturated carbocycles. The number of hydrogen-bond acceptors (Lipinski definition) is 5. The zero-order valence-corrected chi connectivity index (χ0v) is 17.0. The summed E-state index contributed by atoms with van der Waals surface area (Å²) in [5.41, 5.74) is 4.24. The highest BCUT2D eigenvalue weighted by atomic mass is 16.6. The van der Waals surface area contributed by atoms with Crippen molar-refractivity contribution >= 4 is 28.0 Å². The molecule has 0 atom stereocenters. The van der Waals surface area contributed by atoms with Gasteiger partial charge < -0.3 is 15.4 Å². The minimum atomic E-state index is -0.448. The lowest BCUT2D eigenvalue weighted by Crippen LogP contribution is -2.10. The molecular weight excluding hydrogens is 392 g/mol. The number of non-ortho nitro benzene ring substituents is 1. The number of aromatic hydroxyl groups is 1. The molecule has 0 aliphatic rings. The van der Waals surface area contributed by atoms with Crippen molar-refractivity contribution in [1.82, 2.24) is 10.3 Å². The topological polar surface area (TPSA) is 104 Å². The second-order valence-corrected chi connectivity index (χ2v) is 7.18. The summed E-state index contributed by atoms with van der Waals surface area (Å²) < 4.78 is 0. The molecule has 3 N–H and O–H groups in total. The zero-order chi connectivity index (χ0) is 21.8. The van der Waals surface area contributed by atoms with Crippen molar-refractivity contribution in [2.24, 2.45) is 4.99 Å². The van der Waals surface area contributed by atoms with Crippen molar-refractivity contribution in [3.63, 3.8) is 0 Å². The molecule has 0 saturated heterocycles. The van der Waals surface area contributed by atoms with Crippen molar-refractivity contribution in [3.05, 3.63) is 99.6 Å². The normalized spacial score (nSPS) is 11.7. The lowest BCUT2D eigenvalue weighted by Gasteiger charge is -2.08. The number of H-pyrrole nitrogens is 1. The third-order valence-electron chi connectivity index (χ3n) is 5.10. The van der Waals surface area contributed by atoms with Gasteiger partial charge in [0.1, 0.15) is 0 Å². The molecule has 0 aliphatic heterocycles. The maximum absolute atomic E-state index is 11.3. The highest BCUT2D eigenvalue weighted by molar-refractivity contribution is 6.22. The van der Waals surface area contributed by atoms with Gasteiger partial charge in [-0.15, -0.1) is 0 Å². The maximum atomic E-state index is 11.3. The zero-order valence-electron chi connectivity index (χ0n) is 17.0. The van der Waals surface area contributed by atoms with E-state index in [9.17, 15) is 15.2 Å². The Labute approximate surface area is 179 Å². The number of nitrogens with one attached hydrogen (secondary N) is 2. The Hall–Kier alpha value is -3.97. The van der Waals surface area contributed by atoms with E-state index in [4.69, 9.17) is 4.99 Å². The van der Waals surface area contributed by atoms with Crippen LogP contribution < -0.4 is 5.32 Å². The Morgan fingerprint density at radius 3 is 2.52 bits per heavy atom. The van der Waals surface area contributed by atoms with E-state index in [1.165, 1.54) is 17.7 Å². The molecule has 7 nitrogen and oxygen atoms in total. The Morgan fingerprint density at radius 2 is 1.84 bits per heavy atom. The largest absolute Gasteiger partial charge is 0.494 e. The molecule has 156 valence electrons. The van der Waals surface area contributed by atoms with Crippen LogP contribution in [0, 0.1) is 10.1 Å². The number of benzene rings is 3. The van der Waals surface area contributed by atoms with Crippen LogP contribution in [0.1, 0.15) is 16.7 Å². The third-order valence-corrected chi connectivity index (χ3v) is 5.10. The summed E-state index contributed by atoms with van der Waals surface area (Å²) in [6, 6.07) is 21.9. The van der Waals surface area contributed by atoms with Crippen LogP contribution >= 0.6 is 0 Å². The molecule has 4 rings (SSSR count). The van der Waals surface area contributed by atoms with Gasteiger partial charge in [0.15, 0.2) is 5.88 Å². The number of nitro groups is 1. The van der Waals surface area contributed by atoms with Gasteiger partial charge in [-0.1, -0.05) is 42.5 Å². The van der Waals surface area contributed by atoms with Gasteiger partial charge in [-0.05, 0) is 43.8 Å². The number of nitro benzene ring substituents is 1. The number of nitrogens with zero attached hydrogens (tertiary/aromatic N) is 2. The van der Waals surface area contributed by atoms with Crippen molar-refractivity contribution < 1.29 is 10.0 Å². The molecule has 4 aromatic rings. The van der Waals surface area contributed by atoms with Crippen molar-refractivity contribution in [3.8, 4) is 5.88 Å². The van der Waals surface area contributed by atoms with Gasteiger partial charge in [0.05, 0.1) is 21.9 Å². The molecule has 0 fully saturated rings. The number of aromatic amines is 1. The second-order valence-electron chi connectivity index (χ2n) is 7.18. The van der Waals surface area contributed by atoms with Gasteiger partial charge in [-0.2, -0.15) is 0 Å². The summed E-state index contributed by atoms with van der Waals surface area (Å²) in [6.45, 7) is 0.889. The van der Waals surface area contributed by atoms with E-state index in [1.807, 2.05) is 61.6 Å². The Bertz CT molecular complexity index is 1250. The molecule has 0 aliphatic carbocycles. The lowest BCUT2D eigenvalue weighted by atomic mass is 10.0. The highest BCUT2D eigenvalue weighted by Gasteiger charge is 2.20. The SMILES string of the molecule is CNCCc1ccc(N=C(c2ccccc2)c2c(O)[nH]c3ccc([N+](=O)[O-])cc23)cc1. The van der Waals surface area contributed by atoms with Crippen LogP contribution in [0.5, 0.6) is 5.88 Å². The third kappa shape index (κ3) is 4.31. The fourth-order valence-corrected chi connectivity index (χ4v) is 3.52. The Morgan fingerprint density at radius 1 is 1.10 bits per heavy atom. The first-order valence-electron chi connectivity index (χ1n) is 9.94. The van der Waals surface area contributed by atoms with Crippen LogP contribution in [0.3, 0.4) is 0 Å². The van der Waals surface area contributed by atoms with Gasteiger partial charge in [-0.25, -0.2) is 4.99 Å². The summed E-state index contributed by atoms with van der Waals surface area (Å²) in [5, 5.41) is 25.7. The minimum absolute atomic E-state index is 0.0472. The number of fused-ring (bicyclic) bond motifs is 1. The molecule has 0 spiro atoms. The number of aromatic nitrogens is 1. The van der Waals surface area contributed by atoms with Crippen LogP contribution in [0.15, 0.2) is 77.8 Å². The molecule has 1 heterocycles. The van der Waals surface area contributed by atoms with Crippen molar-refractivity contribution in [1.29, 1.82) is 0 Å². The average Bonchev–Trinajstić information content (AvgIpc) is 3.12. The van der Waals surface area contributed by atoms with E-state index in [0.717, 1.165) is 24.2 Å². The molecule has 0 bridgehead atoms. The number of likely N-dealkylation sites (N-methyl/N-ethyl adjacent to an activating group) is 1. The second kappa shape index (κ2) is 8.81. The smallest absolute Gasteiger partial charge is 0.270 e. The molecular formula is C24H22N4O3. The van der Waals surface area contributed by atoms with Crippen LogP contribution in [-0.2, 0) is 6.42 Å². The first-order valence-corrected chi connectivity index (χ1v) is 9.94. The lowest BCUT2D eigenvalue weighted by molar-refractivity contribution is -0.384. The van der Waals surface area contributed by atoms with Crippen molar-refractivity contribution in [2.45, 2.75) is 6.42 Å². The fourth-order valence-electron chi connectivity index (χ4n) is 3.52. The predicted molar refractivity (Wildman–Crippen MR) is 122 cm³/mol. The monoisotopic (exact) mass is 414 g/mol. The minimum Gasteiger partial charge on any atom is -0.494 e. The summed E-state index contributed by atoms with van der Waals surface area (Å²) in [7, 11) is 1.92. The molecule has 3 aromatic carbocycles. The van der Waals surface area contributed by atoms with Crippen molar-refractivity contribution in [2.75, 3.05) is 13.6 Å². The van der Waals surface area contributed by atoms with Gasteiger partial charge in [0, 0.05) is 28.6 Å². The summed E-state index contributed by atoms with van der Waals surface area (Å²) >= 11 is 0. The van der Waals surface area contributed by atoms with E-state index in [-0.39, 0.29) is 11.6 Å². The van der Waals surface area contributed by atoms with E-state index in [2.05, 4.69) is 10.3 Å². The molecule has 31 heavy (non-hydrogen) atoms.